The lowest BCUT2D eigenvalue weighted by Crippen LogP contribution is -2.39. The maximum absolute atomic E-state index is 13.4. The van der Waals surface area contributed by atoms with E-state index in [1.165, 1.54) is 0 Å². The fraction of sp³-hybridized carbons (Fsp3) is 0.333. The number of rotatable bonds is 1. The maximum atomic E-state index is 13.4. The zero-order valence-electron chi connectivity index (χ0n) is 7.49. The predicted octanol–water partition coefficient (Wildman–Crippen LogP) is 2.98. The van der Waals surface area contributed by atoms with Crippen molar-refractivity contribution in [2.24, 2.45) is 0 Å². The van der Waals surface area contributed by atoms with E-state index in [-0.39, 0.29) is 5.82 Å². The first-order valence-corrected chi connectivity index (χ1v) is 8.44. The quantitative estimate of drug-likeness (QED) is 0.552. The highest BCUT2D eigenvalue weighted by Gasteiger charge is 2.20. The first-order chi connectivity index (χ1) is 5.41. The van der Waals surface area contributed by atoms with Crippen molar-refractivity contribution in [2.45, 2.75) is 19.6 Å². The molecule has 3 heteroatoms. The van der Waals surface area contributed by atoms with E-state index in [2.05, 4.69) is 42.2 Å². The zero-order chi connectivity index (χ0) is 9.35. The van der Waals surface area contributed by atoms with Crippen molar-refractivity contribution in [2.75, 3.05) is 0 Å². The zero-order valence-corrected chi connectivity index (χ0v) is 10.6. The molecule has 0 saturated carbocycles. The fourth-order valence-corrected chi connectivity index (χ4v) is 2.92. The van der Waals surface area contributed by atoms with E-state index in [0.717, 1.165) is 8.76 Å². The molecule has 0 spiro atoms. The summed E-state index contributed by atoms with van der Waals surface area (Å²) in [6.07, 6.45) is 0. The molecule has 1 aromatic rings. The Kier molecular flexibility index (Phi) is 2.93. The lowest BCUT2D eigenvalue weighted by Gasteiger charge is -2.17. The summed E-state index contributed by atoms with van der Waals surface area (Å²) < 4.78 is 14.3. The molecule has 0 atom stereocenters. The molecule has 0 heterocycles. The molecule has 1 rings (SSSR count). The van der Waals surface area contributed by atoms with Crippen LogP contribution in [0.4, 0.5) is 4.39 Å². The van der Waals surface area contributed by atoms with E-state index >= 15 is 0 Å². The predicted molar refractivity (Wildman–Crippen MR) is 62.1 cm³/mol. The van der Waals surface area contributed by atoms with Crippen LogP contribution in [-0.4, -0.2) is 8.07 Å². The molecule has 0 aromatic heterocycles. The van der Waals surface area contributed by atoms with Gasteiger partial charge in [0.2, 0.25) is 0 Å². The number of hydrogen-bond donors (Lipinski definition) is 0. The molecule has 0 N–H and O–H groups in total. The van der Waals surface area contributed by atoms with Gasteiger partial charge in [0.25, 0.3) is 0 Å². The van der Waals surface area contributed by atoms with Crippen molar-refractivity contribution in [3.63, 3.8) is 0 Å². The molecular weight excluding hydrogens is 282 g/mol. The van der Waals surface area contributed by atoms with Crippen LogP contribution in [0.25, 0.3) is 0 Å². The van der Waals surface area contributed by atoms with Crippen molar-refractivity contribution in [3.05, 3.63) is 27.6 Å². The number of hydrogen-bond acceptors (Lipinski definition) is 0. The Labute approximate surface area is 87.3 Å². The molecule has 0 amide bonds. The number of halogens is 2. The largest absolute Gasteiger partial charge is 0.207 e. The summed E-state index contributed by atoms with van der Waals surface area (Å²) in [6, 6.07) is 5.49. The minimum absolute atomic E-state index is 0.0407. The molecule has 0 saturated heterocycles. The molecule has 0 radical (unpaired) electrons. The van der Waals surface area contributed by atoms with E-state index in [9.17, 15) is 4.39 Å². The van der Waals surface area contributed by atoms with Crippen molar-refractivity contribution >= 4 is 35.9 Å². The Morgan fingerprint density at radius 3 is 2.25 bits per heavy atom. The van der Waals surface area contributed by atoms with Gasteiger partial charge in [0.15, 0.2) is 0 Å². The van der Waals surface area contributed by atoms with Gasteiger partial charge in [-0.15, -0.1) is 0 Å². The van der Waals surface area contributed by atoms with Gasteiger partial charge in [-0.3, -0.25) is 0 Å². The molecule has 0 aliphatic carbocycles. The first-order valence-electron chi connectivity index (χ1n) is 3.87. The molecule has 1 aromatic carbocycles. The highest BCUT2D eigenvalue weighted by molar-refractivity contribution is 14.1. The second-order valence-electron chi connectivity index (χ2n) is 3.87. The van der Waals surface area contributed by atoms with Gasteiger partial charge in [0, 0.05) is 3.57 Å². The lowest BCUT2D eigenvalue weighted by molar-refractivity contribution is 0.634. The van der Waals surface area contributed by atoms with Crippen LogP contribution in [-0.2, 0) is 0 Å². The minimum Gasteiger partial charge on any atom is -0.207 e. The Bertz CT molecular complexity index is 291. The lowest BCUT2D eigenvalue weighted by atomic mass is 10.3. The van der Waals surface area contributed by atoms with Crippen LogP contribution in [0.1, 0.15) is 0 Å². The second-order valence-corrected chi connectivity index (χ2v) is 10.2. The van der Waals surface area contributed by atoms with Crippen molar-refractivity contribution in [3.8, 4) is 0 Å². The van der Waals surface area contributed by atoms with Gasteiger partial charge >= 0.3 is 0 Å². The number of benzene rings is 1. The third-order valence-corrected chi connectivity index (χ3v) is 4.43. The van der Waals surface area contributed by atoms with Crippen LogP contribution in [0.3, 0.4) is 0 Å². The molecule has 0 aliphatic heterocycles. The standard InChI is InChI=1S/C9H12FISi/c1-12(2,3)9-5-4-7(11)6-8(9)10/h4-6H,1-3H3. The van der Waals surface area contributed by atoms with Crippen molar-refractivity contribution in [1.29, 1.82) is 0 Å². The van der Waals surface area contributed by atoms with E-state index < -0.39 is 8.07 Å². The summed E-state index contributed by atoms with van der Waals surface area (Å²) in [6.45, 7) is 6.45. The third-order valence-electron chi connectivity index (χ3n) is 1.74. The fourth-order valence-electron chi connectivity index (χ4n) is 1.10. The van der Waals surface area contributed by atoms with Gasteiger partial charge < -0.3 is 0 Å². The van der Waals surface area contributed by atoms with Crippen LogP contribution in [0.5, 0.6) is 0 Å². The summed E-state index contributed by atoms with van der Waals surface area (Å²) in [7, 11) is -1.48. The Hall–Kier alpha value is 0.0969. The summed E-state index contributed by atoms with van der Waals surface area (Å²) in [4.78, 5) is 0. The molecular formula is C9H12FISi. The SMILES string of the molecule is C[Si](C)(C)c1ccc(I)cc1F. The van der Waals surface area contributed by atoms with Gasteiger partial charge in [-0.2, -0.15) is 0 Å². The van der Waals surface area contributed by atoms with Gasteiger partial charge in [-0.25, -0.2) is 4.39 Å². The summed E-state index contributed by atoms with van der Waals surface area (Å²) in [5.41, 5.74) is 0. The second kappa shape index (κ2) is 3.45. The van der Waals surface area contributed by atoms with Crippen LogP contribution < -0.4 is 5.19 Å². The summed E-state index contributed by atoms with van der Waals surface area (Å²) in [5.74, 6) is -0.0407. The van der Waals surface area contributed by atoms with Gasteiger partial charge in [0.1, 0.15) is 5.82 Å². The first kappa shape index (κ1) is 10.2. The summed E-state index contributed by atoms with van der Waals surface area (Å²) >= 11 is 2.13. The van der Waals surface area contributed by atoms with Crippen LogP contribution >= 0.6 is 22.6 Å². The molecule has 0 aliphatic rings. The normalized spacial score (nSPS) is 11.8. The van der Waals surface area contributed by atoms with Crippen LogP contribution in [0.2, 0.25) is 19.6 Å². The summed E-state index contributed by atoms with van der Waals surface area (Å²) in [5, 5.41) is 0.919. The topological polar surface area (TPSA) is 0 Å². The molecule has 0 unspecified atom stereocenters. The van der Waals surface area contributed by atoms with Gasteiger partial charge in [0.05, 0.1) is 8.07 Å². The monoisotopic (exact) mass is 294 g/mol. The maximum Gasteiger partial charge on any atom is 0.123 e. The van der Waals surface area contributed by atoms with E-state index in [4.69, 9.17) is 0 Å². The minimum atomic E-state index is -1.48. The Morgan fingerprint density at radius 1 is 1.25 bits per heavy atom. The average molecular weight is 294 g/mol. The van der Waals surface area contributed by atoms with Gasteiger partial charge in [-0.1, -0.05) is 25.7 Å². The van der Waals surface area contributed by atoms with Crippen LogP contribution in [0.15, 0.2) is 18.2 Å². The van der Waals surface area contributed by atoms with Crippen molar-refractivity contribution in [1.82, 2.24) is 0 Å². The molecule has 66 valence electrons. The smallest absolute Gasteiger partial charge is 0.123 e. The Balaban J connectivity index is 3.19. The molecule has 12 heavy (non-hydrogen) atoms. The Morgan fingerprint density at radius 2 is 1.83 bits per heavy atom. The van der Waals surface area contributed by atoms with Crippen molar-refractivity contribution < 1.29 is 4.39 Å². The third kappa shape index (κ3) is 2.29. The van der Waals surface area contributed by atoms with Gasteiger partial charge in [-0.05, 0) is 39.9 Å². The van der Waals surface area contributed by atoms with Crippen LogP contribution in [0, 0.1) is 9.39 Å². The highest BCUT2D eigenvalue weighted by Crippen LogP contribution is 2.10. The molecule has 0 fully saturated rings. The molecule has 0 bridgehead atoms. The van der Waals surface area contributed by atoms with E-state index in [1.807, 2.05) is 12.1 Å². The average Bonchev–Trinajstić information content (AvgIpc) is 1.83. The highest BCUT2D eigenvalue weighted by atomic mass is 127. The van der Waals surface area contributed by atoms with E-state index in [0.29, 0.717) is 0 Å². The molecule has 0 nitrogen and oxygen atoms in total. The van der Waals surface area contributed by atoms with E-state index in [1.54, 1.807) is 6.07 Å².